The number of aliphatic hydroxyl groups is 2. The number of hydrogen-bond acceptors (Lipinski definition) is 12. The second-order valence-corrected chi connectivity index (χ2v) is 10.1. The van der Waals surface area contributed by atoms with Gasteiger partial charge >= 0.3 is 0 Å². The zero-order chi connectivity index (χ0) is 33.2. The fraction of sp³-hybridized carbons (Fsp3) is 0.111. The Kier molecular flexibility index (Phi) is 12.5. The SMILES string of the molecule is OCCNc1ccnc(Nc2ccc(Nc3ccccc3)cc2)n1.OCCNc1ccnc(Nc2ccc(Oc3ccccc3)cc2)n1. The predicted octanol–water partition coefficient (Wildman–Crippen LogP) is 6.78. The van der Waals surface area contributed by atoms with Crippen molar-refractivity contribution in [1.82, 2.24) is 19.9 Å². The van der Waals surface area contributed by atoms with Crippen LogP contribution in [0.1, 0.15) is 0 Å². The van der Waals surface area contributed by atoms with Crippen molar-refractivity contribution in [1.29, 1.82) is 0 Å². The molecule has 0 aliphatic heterocycles. The number of rotatable bonds is 14. The van der Waals surface area contributed by atoms with Crippen LogP contribution in [0.5, 0.6) is 11.5 Å². The minimum Gasteiger partial charge on any atom is -0.457 e. The molecule has 2 aromatic heterocycles. The quantitative estimate of drug-likeness (QED) is 0.0667. The number of nitrogens with zero attached hydrogens (tertiary/aromatic N) is 4. The normalized spacial score (nSPS) is 10.2. The van der Waals surface area contributed by atoms with Gasteiger partial charge in [-0.3, -0.25) is 0 Å². The van der Waals surface area contributed by atoms with Gasteiger partial charge in [0, 0.05) is 48.2 Å². The smallest absolute Gasteiger partial charge is 0.229 e. The fourth-order valence-electron chi connectivity index (χ4n) is 4.22. The standard InChI is InChI=1S/C18H19N5O.C18H18N4O2/c24-13-12-19-17-10-11-20-18(23-17)22-16-8-6-15(7-9-16)21-14-4-2-1-3-5-14;23-13-12-19-17-10-11-20-18(22-17)21-14-6-8-16(9-7-14)24-15-4-2-1-3-5-15/h1-11,21,24H,12-13H2,(H2,19,20,22,23);1-11,23H,12-13H2,(H2,19,20,21,22). The minimum absolute atomic E-state index is 0.0512. The molecule has 6 rings (SSSR count). The molecule has 0 amide bonds. The molecule has 0 atom stereocenters. The van der Waals surface area contributed by atoms with Gasteiger partial charge in [-0.2, -0.15) is 9.97 Å². The summed E-state index contributed by atoms with van der Waals surface area (Å²) >= 11 is 0. The summed E-state index contributed by atoms with van der Waals surface area (Å²) in [6, 6.07) is 38.6. The van der Waals surface area contributed by atoms with Crippen LogP contribution in [0.4, 0.5) is 46.3 Å². The lowest BCUT2D eigenvalue weighted by Gasteiger charge is -2.09. The third-order valence-electron chi connectivity index (χ3n) is 6.44. The maximum Gasteiger partial charge on any atom is 0.229 e. The van der Waals surface area contributed by atoms with Gasteiger partial charge in [-0.05, 0) is 84.9 Å². The summed E-state index contributed by atoms with van der Waals surface area (Å²) in [6.45, 7) is 1.01. The molecular formula is C36H37N9O3. The van der Waals surface area contributed by atoms with Crippen molar-refractivity contribution in [3.8, 4) is 11.5 Å². The molecule has 0 spiro atoms. The molecule has 4 aromatic carbocycles. The molecular weight excluding hydrogens is 606 g/mol. The Bertz CT molecular complexity index is 1660. The van der Waals surface area contributed by atoms with Crippen molar-refractivity contribution in [2.45, 2.75) is 0 Å². The van der Waals surface area contributed by atoms with E-state index in [1.165, 1.54) is 0 Å². The summed E-state index contributed by atoms with van der Waals surface area (Å²) in [5.74, 6) is 3.86. The van der Waals surface area contributed by atoms with Crippen LogP contribution in [0.2, 0.25) is 0 Å². The van der Waals surface area contributed by atoms with Crippen molar-refractivity contribution in [3.05, 3.63) is 134 Å². The van der Waals surface area contributed by atoms with Crippen molar-refractivity contribution in [2.24, 2.45) is 0 Å². The Morgan fingerprint density at radius 2 is 0.875 bits per heavy atom. The largest absolute Gasteiger partial charge is 0.457 e. The Morgan fingerprint density at radius 3 is 1.38 bits per heavy atom. The summed E-state index contributed by atoms with van der Waals surface area (Å²) in [7, 11) is 0. The maximum absolute atomic E-state index is 8.84. The van der Waals surface area contributed by atoms with Crippen molar-refractivity contribution >= 4 is 46.3 Å². The van der Waals surface area contributed by atoms with Gasteiger partial charge in [-0.15, -0.1) is 0 Å². The molecule has 0 bridgehead atoms. The van der Waals surface area contributed by atoms with Crippen LogP contribution in [0.15, 0.2) is 134 Å². The molecule has 48 heavy (non-hydrogen) atoms. The number of hydrogen-bond donors (Lipinski definition) is 7. The van der Waals surface area contributed by atoms with Gasteiger partial charge in [-0.25, -0.2) is 9.97 Å². The maximum atomic E-state index is 8.84. The van der Waals surface area contributed by atoms with E-state index in [1.54, 1.807) is 24.5 Å². The molecule has 0 radical (unpaired) electrons. The van der Waals surface area contributed by atoms with Crippen LogP contribution in [0.3, 0.4) is 0 Å². The first kappa shape index (κ1) is 33.1. The number of benzene rings is 4. The number of anilines is 8. The van der Waals surface area contributed by atoms with Gasteiger partial charge in [0.2, 0.25) is 11.9 Å². The van der Waals surface area contributed by atoms with Crippen LogP contribution >= 0.6 is 0 Å². The highest BCUT2D eigenvalue weighted by Crippen LogP contribution is 2.24. The number of ether oxygens (including phenoxy) is 1. The molecule has 0 fully saturated rings. The molecule has 7 N–H and O–H groups in total. The second-order valence-electron chi connectivity index (χ2n) is 10.1. The number of aliphatic hydroxyl groups excluding tert-OH is 2. The van der Waals surface area contributed by atoms with Gasteiger partial charge in [0.1, 0.15) is 23.1 Å². The van der Waals surface area contributed by atoms with Gasteiger partial charge < -0.3 is 41.5 Å². The first-order valence-corrected chi connectivity index (χ1v) is 15.3. The van der Waals surface area contributed by atoms with Crippen LogP contribution in [-0.2, 0) is 0 Å². The number of para-hydroxylation sites is 2. The van der Waals surface area contributed by atoms with Crippen LogP contribution in [-0.4, -0.2) is 56.5 Å². The second kappa shape index (κ2) is 18.0. The lowest BCUT2D eigenvalue weighted by atomic mass is 10.2. The molecule has 6 aromatic rings. The van der Waals surface area contributed by atoms with E-state index in [2.05, 4.69) is 46.5 Å². The molecule has 0 unspecified atom stereocenters. The molecule has 12 nitrogen and oxygen atoms in total. The predicted molar refractivity (Wildman–Crippen MR) is 191 cm³/mol. The number of nitrogens with one attached hydrogen (secondary N) is 5. The molecule has 0 aliphatic carbocycles. The average Bonchev–Trinajstić information content (AvgIpc) is 3.13. The lowest BCUT2D eigenvalue weighted by molar-refractivity contribution is 0.310. The first-order valence-electron chi connectivity index (χ1n) is 15.3. The van der Waals surface area contributed by atoms with Gasteiger partial charge in [0.25, 0.3) is 0 Å². The topological polar surface area (TPSA) is 161 Å². The fourth-order valence-corrected chi connectivity index (χ4v) is 4.22. The van der Waals surface area contributed by atoms with E-state index in [-0.39, 0.29) is 13.2 Å². The summed E-state index contributed by atoms with van der Waals surface area (Å²) in [5, 5.41) is 33.3. The summed E-state index contributed by atoms with van der Waals surface area (Å²) < 4.78 is 5.75. The summed E-state index contributed by atoms with van der Waals surface area (Å²) in [6.07, 6.45) is 3.32. The first-order chi connectivity index (χ1) is 23.7. The van der Waals surface area contributed by atoms with Crippen LogP contribution in [0.25, 0.3) is 0 Å². The molecule has 0 saturated heterocycles. The summed E-state index contributed by atoms with van der Waals surface area (Å²) in [4.78, 5) is 17.0. The van der Waals surface area contributed by atoms with Crippen LogP contribution < -0.4 is 31.3 Å². The molecule has 244 valence electrons. The third kappa shape index (κ3) is 11.0. The summed E-state index contributed by atoms with van der Waals surface area (Å²) in [5.41, 5.74) is 3.80. The Morgan fingerprint density at radius 1 is 0.458 bits per heavy atom. The van der Waals surface area contributed by atoms with Crippen molar-refractivity contribution < 1.29 is 14.9 Å². The van der Waals surface area contributed by atoms with E-state index in [9.17, 15) is 0 Å². The highest BCUT2D eigenvalue weighted by molar-refractivity contribution is 5.64. The Balaban J connectivity index is 0.000000188. The van der Waals surface area contributed by atoms with E-state index < -0.39 is 0 Å². The van der Waals surface area contributed by atoms with E-state index in [1.807, 2.05) is 109 Å². The zero-order valence-electron chi connectivity index (χ0n) is 26.1. The van der Waals surface area contributed by atoms with E-state index in [0.717, 1.165) is 34.2 Å². The third-order valence-corrected chi connectivity index (χ3v) is 6.44. The Hall–Kier alpha value is -6.24. The monoisotopic (exact) mass is 643 g/mol. The van der Waals surface area contributed by atoms with Crippen molar-refractivity contribution in [3.63, 3.8) is 0 Å². The number of aromatic nitrogens is 4. The highest BCUT2D eigenvalue weighted by atomic mass is 16.5. The van der Waals surface area contributed by atoms with E-state index in [0.29, 0.717) is 36.6 Å². The zero-order valence-corrected chi connectivity index (χ0v) is 26.1. The van der Waals surface area contributed by atoms with Crippen molar-refractivity contribution in [2.75, 3.05) is 52.9 Å². The van der Waals surface area contributed by atoms with E-state index >= 15 is 0 Å². The van der Waals surface area contributed by atoms with Crippen LogP contribution in [0, 0.1) is 0 Å². The molecule has 12 heteroatoms. The minimum atomic E-state index is 0.0512. The molecule has 2 heterocycles. The Labute approximate surface area is 279 Å². The van der Waals surface area contributed by atoms with E-state index in [4.69, 9.17) is 14.9 Å². The molecule has 0 saturated carbocycles. The lowest BCUT2D eigenvalue weighted by Crippen LogP contribution is -2.08. The average molecular weight is 644 g/mol. The van der Waals surface area contributed by atoms with Gasteiger partial charge in [0.05, 0.1) is 13.2 Å². The highest BCUT2D eigenvalue weighted by Gasteiger charge is 2.03. The van der Waals surface area contributed by atoms with Gasteiger partial charge in [-0.1, -0.05) is 36.4 Å². The van der Waals surface area contributed by atoms with Gasteiger partial charge in [0.15, 0.2) is 0 Å². The molecule has 0 aliphatic rings.